The smallest absolute Gasteiger partial charge is 0.271 e. The van der Waals surface area contributed by atoms with Crippen LogP contribution in [0.1, 0.15) is 17.3 Å². The normalized spacial score (nSPS) is 8.25. The fourth-order valence-corrected chi connectivity index (χ4v) is 0.888. The largest absolute Gasteiger partial charge is 0.398 e. The number of nitro benzene ring substituents is 1. The third-order valence-corrected chi connectivity index (χ3v) is 1.51. The zero-order chi connectivity index (χ0) is 12.7. The van der Waals surface area contributed by atoms with Crippen LogP contribution in [0.3, 0.4) is 0 Å². The van der Waals surface area contributed by atoms with E-state index in [1.54, 1.807) is 6.07 Å². The van der Waals surface area contributed by atoms with Crippen LogP contribution >= 0.6 is 0 Å². The number of carbonyl (C=O) groups is 1. The van der Waals surface area contributed by atoms with Gasteiger partial charge in [-0.15, -0.1) is 0 Å². The maximum atomic E-state index is 10.7. The Morgan fingerprint density at radius 2 is 2.06 bits per heavy atom. The van der Waals surface area contributed by atoms with Gasteiger partial charge in [0.1, 0.15) is 0 Å². The number of nitriles is 1. The minimum Gasteiger partial charge on any atom is -0.398 e. The van der Waals surface area contributed by atoms with Crippen molar-refractivity contribution in [2.45, 2.75) is 6.92 Å². The first-order chi connectivity index (χ1) is 7.43. The van der Waals surface area contributed by atoms with Crippen LogP contribution in [0.5, 0.6) is 0 Å². The molecule has 0 bridgehead atoms. The molecule has 0 saturated carbocycles. The third kappa shape index (κ3) is 3.63. The summed E-state index contributed by atoms with van der Waals surface area (Å²) in [5.41, 5.74) is 10.2. The van der Waals surface area contributed by atoms with Crippen LogP contribution < -0.4 is 11.5 Å². The highest BCUT2D eigenvalue weighted by molar-refractivity contribution is 5.98. The SMILES string of the molecule is CC#N.NC(=O)c1ccc([N+](=O)[O-])cc1N. The van der Waals surface area contributed by atoms with Crippen LogP contribution in [-0.4, -0.2) is 10.8 Å². The number of benzene rings is 1. The molecule has 1 rings (SSSR count). The number of hydrogen-bond donors (Lipinski definition) is 2. The summed E-state index contributed by atoms with van der Waals surface area (Å²) in [4.78, 5) is 20.3. The number of nitrogens with two attached hydrogens (primary N) is 2. The van der Waals surface area contributed by atoms with Gasteiger partial charge in [-0.1, -0.05) is 0 Å². The molecule has 0 aliphatic carbocycles. The van der Waals surface area contributed by atoms with E-state index in [1.807, 2.05) is 0 Å². The van der Waals surface area contributed by atoms with Crippen LogP contribution in [0.4, 0.5) is 11.4 Å². The predicted molar refractivity (Wildman–Crippen MR) is 57.3 cm³/mol. The summed E-state index contributed by atoms with van der Waals surface area (Å²) in [5, 5.41) is 17.6. The highest BCUT2D eigenvalue weighted by Crippen LogP contribution is 2.18. The van der Waals surface area contributed by atoms with Crippen molar-refractivity contribution in [3.8, 4) is 6.07 Å². The Morgan fingerprint density at radius 1 is 1.56 bits per heavy atom. The molecule has 7 heteroatoms. The van der Waals surface area contributed by atoms with Crippen molar-refractivity contribution in [3.63, 3.8) is 0 Å². The van der Waals surface area contributed by atoms with Gasteiger partial charge in [-0.3, -0.25) is 14.9 Å². The molecule has 0 atom stereocenters. The van der Waals surface area contributed by atoms with Crippen molar-refractivity contribution in [2.75, 3.05) is 5.73 Å². The van der Waals surface area contributed by atoms with E-state index in [1.165, 1.54) is 19.1 Å². The molecule has 84 valence electrons. The van der Waals surface area contributed by atoms with Gasteiger partial charge in [0.25, 0.3) is 11.6 Å². The molecule has 0 aliphatic heterocycles. The molecule has 0 heterocycles. The van der Waals surface area contributed by atoms with Crippen LogP contribution in [0.25, 0.3) is 0 Å². The number of hydrogen-bond acceptors (Lipinski definition) is 5. The topological polar surface area (TPSA) is 136 Å². The summed E-state index contributed by atoms with van der Waals surface area (Å²) in [7, 11) is 0. The Bertz CT molecular complexity index is 451. The number of carbonyl (C=O) groups excluding carboxylic acids is 1. The zero-order valence-corrected chi connectivity index (χ0v) is 8.51. The molecule has 7 nitrogen and oxygen atoms in total. The van der Waals surface area contributed by atoms with Crippen molar-refractivity contribution in [3.05, 3.63) is 33.9 Å². The molecule has 0 radical (unpaired) electrons. The maximum absolute atomic E-state index is 10.7. The minimum absolute atomic E-state index is 0.0155. The highest BCUT2D eigenvalue weighted by atomic mass is 16.6. The zero-order valence-electron chi connectivity index (χ0n) is 8.51. The van der Waals surface area contributed by atoms with E-state index in [9.17, 15) is 14.9 Å². The van der Waals surface area contributed by atoms with Gasteiger partial charge in [-0.25, -0.2) is 0 Å². The molecular formula is C9H10N4O3. The summed E-state index contributed by atoms with van der Waals surface area (Å²) >= 11 is 0. The molecule has 0 aromatic heterocycles. The molecule has 0 fully saturated rings. The van der Waals surface area contributed by atoms with Gasteiger partial charge >= 0.3 is 0 Å². The molecule has 0 aliphatic rings. The maximum Gasteiger partial charge on any atom is 0.271 e. The van der Waals surface area contributed by atoms with E-state index in [0.29, 0.717) is 0 Å². The van der Waals surface area contributed by atoms with Crippen molar-refractivity contribution >= 4 is 17.3 Å². The van der Waals surface area contributed by atoms with Gasteiger partial charge in [0, 0.05) is 19.1 Å². The lowest BCUT2D eigenvalue weighted by molar-refractivity contribution is -0.384. The summed E-state index contributed by atoms with van der Waals surface area (Å²) in [5.74, 6) is -0.701. The molecule has 1 aromatic carbocycles. The van der Waals surface area contributed by atoms with E-state index in [2.05, 4.69) is 0 Å². The Labute approximate surface area is 91.4 Å². The van der Waals surface area contributed by atoms with Crippen LogP contribution in [0.15, 0.2) is 18.2 Å². The number of non-ortho nitro benzene ring substituents is 1. The first-order valence-electron chi connectivity index (χ1n) is 4.08. The van der Waals surface area contributed by atoms with E-state index < -0.39 is 10.8 Å². The van der Waals surface area contributed by atoms with Crippen molar-refractivity contribution in [1.29, 1.82) is 5.26 Å². The molecule has 4 N–H and O–H groups in total. The minimum atomic E-state index is -0.701. The second-order valence-corrected chi connectivity index (χ2v) is 2.62. The van der Waals surface area contributed by atoms with E-state index >= 15 is 0 Å². The van der Waals surface area contributed by atoms with Gasteiger partial charge < -0.3 is 11.5 Å². The predicted octanol–water partition coefficient (Wildman–Crippen LogP) is 0.806. The lowest BCUT2D eigenvalue weighted by atomic mass is 10.1. The summed E-state index contributed by atoms with van der Waals surface area (Å²) in [6.45, 7) is 1.43. The first-order valence-corrected chi connectivity index (χ1v) is 4.08. The molecule has 1 aromatic rings. The monoisotopic (exact) mass is 222 g/mol. The van der Waals surface area contributed by atoms with Crippen molar-refractivity contribution < 1.29 is 9.72 Å². The molecule has 1 amide bonds. The number of nitro groups is 1. The second-order valence-electron chi connectivity index (χ2n) is 2.62. The Morgan fingerprint density at radius 3 is 2.38 bits per heavy atom. The summed E-state index contributed by atoms with van der Waals surface area (Å²) in [6.07, 6.45) is 0. The van der Waals surface area contributed by atoms with Gasteiger partial charge in [0.2, 0.25) is 0 Å². The Hall–Kier alpha value is -2.62. The number of nitrogen functional groups attached to an aromatic ring is 1. The fourth-order valence-electron chi connectivity index (χ4n) is 0.888. The first kappa shape index (κ1) is 13.4. The fraction of sp³-hybridized carbons (Fsp3) is 0.111. The van der Waals surface area contributed by atoms with Crippen molar-refractivity contribution in [2.24, 2.45) is 5.73 Å². The van der Waals surface area contributed by atoms with Crippen LogP contribution in [0, 0.1) is 21.4 Å². The molecule has 0 spiro atoms. The lowest BCUT2D eigenvalue weighted by Crippen LogP contribution is -2.13. The number of anilines is 1. The average Bonchev–Trinajstić information content (AvgIpc) is 2.17. The quantitative estimate of drug-likeness (QED) is 0.433. The van der Waals surface area contributed by atoms with Crippen molar-refractivity contribution in [1.82, 2.24) is 0 Å². The Balaban J connectivity index is 0.000000673. The van der Waals surface area contributed by atoms with Crippen LogP contribution in [-0.2, 0) is 0 Å². The number of primary amides is 1. The lowest BCUT2D eigenvalue weighted by Gasteiger charge is -1.99. The second kappa shape index (κ2) is 5.98. The van der Waals surface area contributed by atoms with E-state index in [-0.39, 0.29) is 16.9 Å². The summed E-state index contributed by atoms with van der Waals surface area (Å²) < 4.78 is 0. The molecule has 16 heavy (non-hydrogen) atoms. The Kier molecular flexibility index (Phi) is 5.00. The third-order valence-electron chi connectivity index (χ3n) is 1.51. The standard InChI is InChI=1S/C7H7N3O3.C2H3N/c8-6-3-4(10(12)13)1-2-5(6)7(9)11;1-2-3/h1-3H,8H2,(H2,9,11);1H3. The number of rotatable bonds is 2. The van der Waals surface area contributed by atoms with E-state index in [0.717, 1.165) is 6.07 Å². The van der Waals surface area contributed by atoms with Crippen LogP contribution in [0.2, 0.25) is 0 Å². The highest BCUT2D eigenvalue weighted by Gasteiger charge is 2.11. The van der Waals surface area contributed by atoms with Gasteiger partial charge in [-0.2, -0.15) is 5.26 Å². The molecule has 0 saturated heterocycles. The number of nitrogens with zero attached hydrogens (tertiary/aromatic N) is 2. The van der Waals surface area contributed by atoms with Gasteiger partial charge in [0.15, 0.2) is 0 Å². The van der Waals surface area contributed by atoms with Gasteiger partial charge in [0.05, 0.1) is 22.2 Å². The summed E-state index contributed by atoms with van der Waals surface area (Å²) in [6, 6.07) is 5.26. The van der Waals surface area contributed by atoms with E-state index in [4.69, 9.17) is 16.7 Å². The number of amides is 1. The van der Waals surface area contributed by atoms with Gasteiger partial charge in [-0.05, 0) is 6.07 Å². The molecule has 0 unspecified atom stereocenters. The molecular weight excluding hydrogens is 212 g/mol. The average molecular weight is 222 g/mol.